The minimum absolute atomic E-state index is 0.627. The summed E-state index contributed by atoms with van der Waals surface area (Å²) in [6.45, 7) is 8.08. The predicted molar refractivity (Wildman–Crippen MR) is 81.7 cm³/mol. The van der Waals surface area contributed by atoms with Crippen molar-refractivity contribution in [2.24, 2.45) is 0 Å². The standard InChI is InChI=1S/C18H14O2/c1-13(17-7-3-15(11-19)4-8-17)14(2)18-9-5-16(12-20)6-10-18/h3-12H,1-2H2. The van der Waals surface area contributed by atoms with Gasteiger partial charge in [0, 0.05) is 11.1 Å². The molecule has 20 heavy (non-hydrogen) atoms. The molecule has 0 N–H and O–H groups in total. The summed E-state index contributed by atoms with van der Waals surface area (Å²) in [5, 5.41) is 0. The van der Waals surface area contributed by atoms with Crippen LogP contribution in [-0.4, -0.2) is 12.6 Å². The Morgan fingerprint density at radius 1 is 0.650 bits per heavy atom. The zero-order valence-electron chi connectivity index (χ0n) is 11.0. The lowest BCUT2D eigenvalue weighted by Crippen LogP contribution is -1.90. The highest BCUT2D eigenvalue weighted by molar-refractivity contribution is 6.03. The quantitative estimate of drug-likeness (QED) is 0.602. The van der Waals surface area contributed by atoms with E-state index in [2.05, 4.69) is 13.2 Å². The highest BCUT2D eigenvalue weighted by Gasteiger charge is 2.06. The van der Waals surface area contributed by atoms with Crippen molar-refractivity contribution in [3.05, 3.63) is 83.9 Å². The second-order valence-electron chi connectivity index (χ2n) is 4.44. The van der Waals surface area contributed by atoms with Crippen molar-refractivity contribution < 1.29 is 9.59 Å². The molecule has 0 amide bonds. The first-order chi connectivity index (χ1) is 9.65. The van der Waals surface area contributed by atoms with E-state index in [9.17, 15) is 9.59 Å². The van der Waals surface area contributed by atoms with E-state index in [4.69, 9.17) is 0 Å². The molecule has 0 aliphatic heterocycles. The van der Waals surface area contributed by atoms with Crippen molar-refractivity contribution in [1.82, 2.24) is 0 Å². The normalized spacial score (nSPS) is 9.80. The van der Waals surface area contributed by atoms with Crippen molar-refractivity contribution in [2.75, 3.05) is 0 Å². The molecule has 0 aromatic heterocycles. The molecule has 2 aromatic carbocycles. The van der Waals surface area contributed by atoms with Gasteiger partial charge in [0.05, 0.1) is 0 Å². The van der Waals surface area contributed by atoms with Gasteiger partial charge in [0.2, 0.25) is 0 Å². The van der Waals surface area contributed by atoms with Crippen molar-refractivity contribution >= 4 is 23.7 Å². The van der Waals surface area contributed by atoms with Gasteiger partial charge in [0.25, 0.3) is 0 Å². The van der Waals surface area contributed by atoms with E-state index in [1.54, 1.807) is 24.3 Å². The first-order valence-corrected chi connectivity index (χ1v) is 6.15. The Hall–Kier alpha value is -2.74. The molecule has 0 heterocycles. The molecule has 2 aromatic rings. The zero-order chi connectivity index (χ0) is 14.5. The summed E-state index contributed by atoms with van der Waals surface area (Å²) in [7, 11) is 0. The number of carbonyl (C=O) groups excluding carboxylic acids is 2. The van der Waals surface area contributed by atoms with Gasteiger partial charge in [-0.05, 0) is 22.3 Å². The predicted octanol–water partition coefficient (Wildman–Crippen LogP) is 4.04. The molecule has 0 bridgehead atoms. The van der Waals surface area contributed by atoms with Gasteiger partial charge in [-0.2, -0.15) is 0 Å². The van der Waals surface area contributed by atoms with Crippen molar-refractivity contribution in [3.8, 4) is 0 Å². The zero-order valence-corrected chi connectivity index (χ0v) is 11.0. The van der Waals surface area contributed by atoms with Gasteiger partial charge < -0.3 is 0 Å². The first-order valence-electron chi connectivity index (χ1n) is 6.15. The monoisotopic (exact) mass is 262 g/mol. The number of aldehydes is 2. The number of benzene rings is 2. The van der Waals surface area contributed by atoms with Gasteiger partial charge in [-0.15, -0.1) is 0 Å². The van der Waals surface area contributed by atoms with E-state index < -0.39 is 0 Å². The number of allylic oxidation sites excluding steroid dienone is 2. The van der Waals surface area contributed by atoms with Gasteiger partial charge in [0.15, 0.2) is 0 Å². The molecule has 0 aliphatic carbocycles. The number of rotatable bonds is 5. The van der Waals surface area contributed by atoms with Crippen molar-refractivity contribution in [3.63, 3.8) is 0 Å². The van der Waals surface area contributed by atoms with Crippen LogP contribution in [0.5, 0.6) is 0 Å². The smallest absolute Gasteiger partial charge is 0.150 e. The molecule has 0 atom stereocenters. The lowest BCUT2D eigenvalue weighted by atomic mass is 9.94. The van der Waals surface area contributed by atoms with E-state index >= 15 is 0 Å². The van der Waals surface area contributed by atoms with Crippen LogP contribution >= 0.6 is 0 Å². The molecule has 0 spiro atoms. The summed E-state index contributed by atoms with van der Waals surface area (Å²) < 4.78 is 0. The summed E-state index contributed by atoms with van der Waals surface area (Å²) in [6.07, 6.45) is 1.61. The second kappa shape index (κ2) is 5.93. The SMILES string of the molecule is C=C(C(=C)c1ccc(C=O)cc1)c1ccc(C=O)cc1. The summed E-state index contributed by atoms with van der Waals surface area (Å²) in [5.41, 5.74) is 4.67. The summed E-state index contributed by atoms with van der Waals surface area (Å²) in [6, 6.07) is 14.4. The molecular weight excluding hydrogens is 248 g/mol. The molecule has 0 aliphatic rings. The Kier molecular flexibility index (Phi) is 4.06. The van der Waals surface area contributed by atoms with Crippen LogP contribution in [0.25, 0.3) is 11.1 Å². The molecular formula is C18H14O2. The highest BCUT2D eigenvalue weighted by Crippen LogP contribution is 2.28. The van der Waals surface area contributed by atoms with Crippen LogP contribution in [0.4, 0.5) is 0 Å². The second-order valence-corrected chi connectivity index (χ2v) is 4.44. The Bertz CT molecular complexity index is 600. The van der Waals surface area contributed by atoms with Gasteiger partial charge in [-0.3, -0.25) is 9.59 Å². The van der Waals surface area contributed by atoms with Crippen molar-refractivity contribution in [2.45, 2.75) is 0 Å². The van der Waals surface area contributed by atoms with Crippen LogP contribution in [-0.2, 0) is 0 Å². The Labute approximate surface area is 118 Å². The average Bonchev–Trinajstić information content (AvgIpc) is 2.53. The molecule has 2 heteroatoms. The average molecular weight is 262 g/mol. The minimum Gasteiger partial charge on any atom is -0.298 e. The fourth-order valence-corrected chi connectivity index (χ4v) is 1.87. The third kappa shape index (κ3) is 2.81. The molecule has 0 radical (unpaired) electrons. The fourth-order valence-electron chi connectivity index (χ4n) is 1.87. The Morgan fingerprint density at radius 3 is 1.20 bits per heavy atom. The Balaban J connectivity index is 2.24. The maximum atomic E-state index is 10.6. The molecule has 0 unspecified atom stereocenters. The number of hydrogen-bond donors (Lipinski definition) is 0. The highest BCUT2D eigenvalue weighted by atomic mass is 16.1. The van der Waals surface area contributed by atoms with E-state index in [-0.39, 0.29) is 0 Å². The minimum atomic E-state index is 0.627. The summed E-state index contributed by atoms with van der Waals surface area (Å²) in [4.78, 5) is 21.3. The topological polar surface area (TPSA) is 34.1 Å². The molecule has 0 fully saturated rings. The molecule has 2 nitrogen and oxygen atoms in total. The van der Waals surface area contributed by atoms with E-state index in [0.717, 1.165) is 34.8 Å². The Morgan fingerprint density at radius 2 is 0.950 bits per heavy atom. The maximum absolute atomic E-state index is 10.6. The van der Waals surface area contributed by atoms with E-state index in [1.807, 2.05) is 24.3 Å². The van der Waals surface area contributed by atoms with Crippen LogP contribution in [0.2, 0.25) is 0 Å². The van der Waals surface area contributed by atoms with E-state index in [0.29, 0.717) is 11.1 Å². The number of carbonyl (C=O) groups is 2. The third-order valence-corrected chi connectivity index (χ3v) is 3.15. The molecule has 0 saturated carbocycles. The molecule has 2 rings (SSSR count). The summed E-state index contributed by atoms with van der Waals surface area (Å²) >= 11 is 0. The van der Waals surface area contributed by atoms with E-state index in [1.165, 1.54) is 0 Å². The molecule has 0 saturated heterocycles. The van der Waals surface area contributed by atoms with Crippen LogP contribution in [0.15, 0.2) is 61.7 Å². The number of hydrogen-bond acceptors (Lipinski definition) is 2. The third-order valence-electron chi connectivity index (χ3n) is 3.15. The van der Waals surface area contributed by atoms with Crippen LogP contribution in [0.3, 0.4) is 0 Å². The van der Waals surface area contributed by atoms with Gasteiger partial charge in [0.1, 0.15) is 12.6 Å². The fraction of sp³-hybridized carbons (Fsp3) is 0. The first kappa shape index (κ1) is 13.7. The van der Waals surface area contributed by atoms with Gasteiger partial charge >= 0.3 is 0 Å². The van der Waals surface area contributed by atoms with Crippen LogP contribution in [0, 0.1) is 0 Å². The lowest BCUT2D eigenvalue weighted by Gasteiger charge is -2.10. The van der Waals surface area contributed by atoms with Crippen LogP contribution < -0.4 is 0 Å². The molecule has 98 valence electrons. The van der Waals surface area contributed by atoms with Crippen molar-refractivity contribution in [1.29, 1.82) is 0 Å². The maximum Gasteiger partial charge on any atom is 0.150 e. The van der Waals surface area contributed by atoms with Gasteiger partial charge in [-0.1, -0.05) is 61.7 Å². The largest absolute Gasteiger partial charge is 0.298 e. The van der Waals surface area contributed by atoms with Crippen LogP contribution in [0.1, 0.15) is 31.8 Å². The lowest BCUT2D eigenvalue weighted by molar-refractivity contribution is 0.111. The summed E-state index contributed by atoms with van der Waals surface area (Å²) in [5.74, 6) is 0. The van der Waals surface area contributed by atoms with Gasteiger partial charge in [-0.25, -0.2) is 0 Å².